The van der Waals surface area contributed by atoms with Crippen molar-refractivity contribution in [3.8, 4) is 0 Å². The highest BCUT2D eigenvalue weighted by Gasteiger charge is 2.47. The summed E-state index contributed by atoms with van der Waals surface area (Å²) in [4.78, 5) is 14.2. The van der Waals surface area contributed by atoms with Gasteiger partial charge in [-0.15, -0.1) is 0 Å². The van der Waals surface area contributed by atoms with E-state index >= 15 is 4.48 Å². The largest absolute Gasteiger partial charge is 0.388 e. The van der Waals surface area contributed by atoms with Gasteiger partial charge in [0.15, 0.2) is 0 Å². The minimum atomic E-state index is -3.64. The van der Waals surface area contributed by atoms with Gasteiger partial charge in [-0.05, 0) is 36.6 Å². The van der Waals surface area contributed by atoms with Crippen LogP contribution in [0.15, 0.2) is 42.5 Å². The fourth-order valence-corrected chi connectivity index (χ4v) is 5.09. The van der Waals surface area contributed by atoms with Gasteiger partial charge in [0.05, 0.1) is 29.3 Å². The second kappa shape index (κ2) is 8.79. The number of urea groups is 1. The van der Waals surface area contributed by atoms with E-state index in [1.54, 1.807) is 29.2 Å². The summed E-state index contributed by atoms with van der Waals surface area (Å²) in [7, 11) is -3.64. The number of carbonyl (C=O) groups excluding carboxylic acids is 1. The Morgan fingerprint density at radius 1 is 1.21 bits per heavy atom. The second-order valence-corrected chi connectivity index (χ2v) is 10.4. The Balaban J connectivity index is 1.36. The molecule has 2 aromatic carbocycles. The molecule has 11 heteroatoms. The molecule has 0 bridgehead atoms. The molecule has 0 saturated carbocycles. The first-order valence-electron chi connectivity index (χ1n) is 10.6. The van der Waals surface area contributed by atoms with E-state index < -0.39 is 27.5 Å². The van der Waals surface area contributed by atoms with Gasteiger partial charge in [0, 0.05) is 31.6 Å². The van der Waals surface area contributed by atoms with Crippen LogP contribution in [0.4, 0.5) is 25.0 Å². The average molecular weight is 481 g/mol. The number of halogens is 2. The molecule has 1 unspecified atom stereocenters. The lowest BCUT2D eigenvalue weighted by Crippen LogP contribution is -2.57. The minimum absolute atomic E-state index is 0.0700. The SMILES string of the molecule is CS(=O)(=O)Nc1cc(CNC(=O)N2CCC3(CC2)CC(O)c2ccccc2N3F)ccc1F. The van der Waals surface area contributed by atoms with Gasteiger partial charge >= 0.3 is 6.03 Å². The van der Waals surface area contributed by atoms with Gasteiger partial charge in [-0.3, -0.25) is 4.72 Å². The molecule has 2 aliphatic rings. The number of sulfonamides is 1. The van der Waals surface area contributed by atoms with Crippen molar-refractivity contribution in [2.45, 2.75) is 37.5 Å². The van der Waals surface area contributed by atoms with E-state index in [-0.39, 0.29) is 24.7 Å². The molecule has 2 amide bonds. The topological polar surface area (TPSA) is 102 Å². The molecule has 2 heterocycles. The highest BCUT2D eigenvalue weighted by Crippen LogP contribution is 2.47. The molecule has 0 aromatic heterocycles. The van der Waals surface area contributed by atoms with E-state index in [2.05, 4.69) is 10.0 Å². The number of hydrogen-bond donors (Lipinski definition) is 3. The van der Waals surface area contributed by atoms with Gasteiger partial charge < -0.3 is 15.3 Å². The number of hydrogen-bond acceptors (Lipinski definition) is 5. The predicted molar refractivity (Wildman–Crippen MR) is 120 cm³/mol. The molecule has 0 aliphatic carbocycles. The van der Waals surface area contributed by atoms with Crippen molar-refractivity contribution < 1.29 is 27.2 Å². The number of para-hydroxylation sites is 1. The van der Waals surface area contributed by atoms with Crippen LogP contribution in [0.25, 0.3) is 0 Å². The maximum absolute atomic E-state index is 15.3. The molecule has 3 N–H and O–H groups in total. The summed E-state index contributed by atoms with van der Waals surface area (Å²) >= 11 is 0. The number of benzene rings is 2. The number of aliphatic hydroxyl groups is 1. The van der Waals surface area contributed by atoms with Gasteiger partial charge in [0.25, 0.3) is 0 Å². The van der Waals surface area contributed by atoms with Crippen molar-refractivity contribution in [1.29, 1.82) is 0 Å². The summed E-state index contributed by atoms with van der Waals surface area (Å²) in [5, 5.41) is 14.0. The van der Waals surface area contributed by atoms with E-state index in [1.165, 1.54) is 12.1 Å². The Kier molecular flexibility index (Phi) is 6.19. The molecule has 33 heavy (non-hydrogen) atoms. The van der Waals surface area contributed by atoms with Gasteiger partial charge in [0.2, 0.25) is 10.0 Å². The van der Waals surface area contributed by atoms with Crippen molar-refractivity contribution in [2.75, 3.05) is 29.2 Å². The maximum Gasteiger partial charge on any atom is 0.317 e. The van der Waals surface area contributed by atoms with Crippen LogP contribution in [0.3, 0.4) is 0 Å². The molecule has 1 spiro atoms. The van der Waals surface area contributed by atoms with Gasteiger partial charge in [-0.25, -0.2) is 22.7 Å². The van der Waals surface area contributed by atoms with Crippen LogP contribution in [-0.4, -0.2) is 49.3 Å². The van der Waals surface area contributed by atoms with Crippen LogP contribution in [0.5, 0.6) is 0 Å². The third-order valence-electron chi connectivity index (χ3n) is 6.25. The molecule has 2 aromatic rings. The summed E-state index contributed by atoms with van der Waals surface area (Å²) in [5.74, 6) is -0.719. The Hall–Kier alpha value is -2.92. The van der Waals surface area contributed by atoms with Gasteiger partial charge in [-0.1, -0.05) is 28.7 Å². The monoisotopic (exact) mass is 480 g/mol. The first-order valence-corrected chi connectivity index (χ1v) is 12.5. The quantitative estimate of drug-likeness (QED) is 0.584. The summed E-state index contributed by atoms with van der Waals surface area (Å²) in [5.41, 5.74) is 0.390. The fraction of sp³-hybridized carbons (Fsp3) is 0.409. The molecule has 0 radical (unpaired) electrons. The fourth-order valence-electron chi connectivity index (χ4n) is 4.53. The Morgan fingerprint density at radius 3 is 2.61 bits per heavy atom. The van der Waals surface area contributed by atoms with Crippen molar-refractivity contribution in [3.05, 3.63) is 59.4 Å². The zero-order valence-electron chi connectivity index (χ0n) is 18.1. The minimum Gasteiger partial charge on any atom is -0.388 e. The van der Waals surface area contributed by atoms with Crippen LogP contribution in [0, 0.1) is 5.82 Å². The highest BCUT2D eigenvalue weighted by molar-refractivity contribution is 7.92. The molecule has 1 saturated heterocycles. The Bertz CT molecular complexity index is 1150. The highest BCUT2D eigenvalue weighted by atomic mass is 32.2. The zero-order chi connectivity index (χ0) is 23.8. The molecule has 2 aliphatic heterocycles. The number of aliphatic hydroxyl groups excluding tert-OH is 1. The van der Waals surface area contributed by atoms with Crippen LogP contribution < -0.4 is 15.2 Å². The van der Waals surface area contributed by atoms with E-state index in [0.29, 0.717) is 42.7 Å². The van der Waals surface area contributed by atoms with Crippen LogP contribution in [0.2, 0.25) is 0 Å². The number of nitrogens with zero attached hydrogens (tertiary/aromatic N) is 2. The second-order valence-electron chi connectivity index (χ2n) is 8.62. The Labute approximate surface area is 191 Å². The lowest BCUT2D eigenvalue weighted by molar-refractivity contribution is 0.0567. The van der Waals surface area contributed by atoms with Crippen LogP contribution in [0.1, 0.15) is 36.5 Å². The lowest BCUT2D eigenvalue weighted by Gasteiger charge is -2.49. The third-order valence-corrected chi connectivity index (χ3v) is 6.84. The van der Waals surface area contributed by atoms with Crippen molar-refractivity contribution >= 4 is 27.4 Å². The number of amides is 2. The van der Waals surface area contributed by atoms with E-state index in [1.807, 2.05) is 0 Å². The molecule has 1 fully saturated rings. The van der Waals surface area contributed by atoms with Crippen molar-refractivity contribution in [1.82, 2.24) is 10.2 Å². The van der Waals surface area contributed by atoms with Crippen LogP contribution >= 0.6 is 0 Å². The summed E-state index contributed by atoms with van der Waals surface area (Å²) < 4.78 is 54.0. The smallest absolute Gasteiger partial charge is 0.317 e. The average Bonchev–Trinajstić information content (AvgIpc) is 2.77. The maximum atomic E-state index is 15.3. The first-order chi connectivity index (χ1) is 15.6. The van der Waals surface area contributed by atoms with Gasteiger partial charge in [0.1, 0.15) is 5.82 Å². The Morgan fingerprint density at radius 2 is 1.91 bits per heavy atom. The normalized spacial score (nSPS) is 19.8. The molecular formula is C22H26F2N4O4S. The molecule has 178 valence electrons. The first kappa shape index (κ1) is 23.2. The summed E-state index contributed by atoms with van der Waals surface area (Å²) in [6.07, 6.45) is 1.14. The molecule has 1 atom stereocenters. The van der Waals surface area contributed by atoms with E-state index in [4.69, 9.17) is 0 Å². The number of carbonyl (C=O) groups is 1. The van der Waals surface area contributed by atoms with E-state index in [9.17, 15) is 22.7 Å². The number of likely N-dealkylation sites (tertiary alicyclic amines) is 1. The number of nitrogens with one attached hydrogen (secondary N) is 2. The van der Waals surface area contributed by atoms with Crippen molar-refractivity contribution in [2.24, 2.45) is 0 Å². The standard InChI is InChI=1S/C22H26F2N4O4S/c1-33(31,32)26-18-12-15(6-7-17(18)23)14-25-21(30)27-10-8-22(9-11-27)13-20(29)16-4-2-3-5-19(16)28(22)24/h2-7,12,20,26,29H,8-11,13-14H2,1H3,(H,25,30). The number of anilines is 2. The molecular weight excluding hydrogens is 454 g/mol. The van der Waals surface area contributed by atoms with E-state index in [0.717, 1.165) is 17.4 Å². The number of piperidine rings is 1. The van der Waals surface area contributed by atoms with Gasteiger partial charge in [-0.2, -0.15) is 0 Å². The third kappa shape index (κ3) is 4.88. The zero-order valence-corrected chi connectivity index (χ0v) is 18.9. The van der Waals surface area contributed by atoms with Crippen LogP contribution in [-0.2, 0) is 16.6 Å². The molecule has 8 nitrogen and oxygen atoms in total. The number of fused-ring (bicyclic) bond motifs is 1. The van der Waals surface area contributed by atoms with Crippen molar-refractivity contribution in [3.63, 3.8) is 0 Å². The lowest BCUT2D eigenvalue weighted by atomic mass is 9.77. The summed E-state index contributed by atoms with van der Waals surface area (Å²) in [6.45, 7) is 0.692. The summed E-state index contributed by atoms with van der Waals surface area (Å²) in [6, 6.07) is 10.4. The number of rotatable bonds is 4. The molecule has 4 rings (SSSR count). The predicted octanol–water partition coefficient (Wildman–Crippen LogP) is 3.07.